The second-order valence-corrected chi connectivity index (χ2v) is 7.55. The number of amides is 1. The summed E-state index contributed by atoms with van der Waals surface area (Å²) in [7, 11) is 2.01. The van der Waals surface area contributed by atoms with Gasteiger partial charge in [-0.2, -0.15) is 0 Å². The molecule has 26 heavy (non-hydrogen) atoms. The maximum absolute atomic E-state index is 12.3. The van der Waals surface area contributed by atoms with Gasteiger partial charge in [0.2, 0.25) is 5.91 Å². The van der Waals surface area contributed by atoms with Crippen LogP contribution >= 0.6 is 11.8 Å². The van der Waals surface area contributed by atoms with Gasteiger partial charge in [0.25, 0.3) is 0 Å². The Kier molecular flexibility index (Phi) is 4.84. The molecule has 1 fully saturated rings. The Bertz CT molecular complexity index is 913. The third-order valence-corrected chi connectivity index (χ3v) is 5.83. The molecule has 0 saturated carbocycles. The number of H-pyrrole nitrogens is 1. The van der Waals surface area contributed by atoms with Crippen molar-refractivity contribution in [2.45, 2.75) is 18.0 Å². The minimum Gasteiger partial charge on any atom is -0.372 e. The zero-order valence-electron chi connectivity index (χ0n) is 14.9. The fourth-order valence-corrected chi connectivity index (χ4v) is 4.19. The van der Waals surface area contributed by atoms with Crippen LogP contribution in [0.15, 0.2) is 53.7 Å². The van der Waals surface area contributed by atoms with Gasteiger partial charge in [-0.3, -0.25) is 4.79 Å². The van der Waals surface area contributed by atoms with E-state index >= 15 is 0 Å². The third-order valence-electron chi connectivity index (χ3n) is 4.77. The number of nitrogens with zero attached hydrogens (tertiary/aromatic N) is 2. The first-order valence-electron chi connectivity index (χ1n) is 8.95. The highest BCUT2D eigenvalue weighted by Crippen LogP contribution is 2.22. The van der Waals surface area contributed by atoms with E-state index < -0.39 is 0 Å². The van der Waals surface area contributed by atoms with Gasteiger partial charge in [0.1, 0.15) is 0 Å². The molecule has 0 spiro atoms. The summed E-state index contributed by atoms with van der Waals surface area (Å²) in [5.41, 5.74) is 4.29. The summed E-state index contributed by atoms with van der Waals surface area (Å²) in [4.78, 5) is 18.0. The number of carbonyl (C=O) groups is 1. The Morgan fingerprint density at radius 3 is 2.62 bits per heavy atom. The Labute approximate surface area is 157 Å². The van der Waals surface area contributed by atoms with Crippen LogP contribution in [0.1, 0.15) is 12.8 Å². The van der Waals surface area contributed by atoms with Crippen molar-refractivity contribution in [1.29, 1.82) is 0 Å². The largest absolute Gasteiger partial charge is 0.372 e. The number of hydrogen-bond donors (Lipinski definition) is 2. The molecule has 6 heteroatoms. The van der Waals surface area contributed by atoms with Crippen LogP contribution in [0.3, 0.4) is 0 Å². The molecule has 134 valence electrons. The average molecular weight is 367 g/mol. The Morgan fingerprint density at radius 2 is 1.88 bits per heavy atom. The minimum atomic E-state index is 0.00239. The lowest BCUT2D eigenvalue weighted by Crippen LogP contribution is -2.29. The molecule has 1 aromatic heterocycles. The predicted octanol–water partition coefficient (Wildman–Crippen LogP) is 3.32. The number of benzene rings is 2. The van der Waals surface area contributed by atoms with Crippen molar-refractivity contribution in [2.24, 2.45) is 7.05 Å². The smallest absolute Gasteiger partial charge is 0.317 e. The van der Waals surface area contributed by atoms with Crippen LogP contribution in [0.4, 0.5) is 11.4 Å². The zero-order chi connectivity index (χ0) is 17.9. The number of rotatable bonds is 5. The fourth-order valence-electron chi connectivity index (χ4n) is 3.38. The van der Waals surface area contributed by atoms with Gasteiger partial charge in [-0.15, -0.1) is 0 Å². The first kappa shape index (κ1) is 17.0. The second kappa shape index (κ2) is 7.41. The van der Waals surface area contributed by atoms with E-state index in [1.165, 1.54) is 30.3 Å². The SMILES string of the molecule is C[n+]1c(SCC(=O)Nc2ccc(N3CCCC3)cc2)[nH]c2ccccc21. The Balaban J connectivity index is 1.35. The van der Waals surface area contributed by atoms with Crippen molar-refractivity contribution in [3.05, 3.63) is 48.5 Å². The summed E-state index contributed by atoms with van der Waals surface area (Å²) in [5, 5.41) is 3.96. The topological polar surface area (TPSA) is 52.0 Å². The molecule has 1 amide bonds. The van der Waals surface area contributed by atoms with E-state index in [1.54, 1.807) is 0 Å². The van der Waals surface area contributed by atoms with Crippen molar-refractivity contribution >= 4 is 40.1 Å². The molecule has 4 rings (SSSR count). The molecule has 0 bridgehead atoms. The lowest BCUT2D eigenvalue weighted by molar-refractivity contribution is -0.683. The van der Waals surface area contributed by atoms with Crippen LogP contribution in [0.5, 0.6) is 0 Å². The van der Waals surface area contributed by atoms with Gasteiger partial charge >= 0.3 is 5.16 Å². The first-order chi connectivity index (χ1) is 12.7. The molecular formula is C20H23N4OS+. The van der Waals surface area contributed by atoms with Gasteiger partial charge in [0.05, 0.1) is 12.8 Å². The molecular weight excluding hydrogens is 344 g/mol. The summed E-state index contributed by atoms with van der Waals surface area (Å²) < 4.78 is 2.08. The van der Waals surface area contributed by atoms with E-state index in [-0.39, 0.29) is 5.91 Å². The number of aryl methyl sites for hydroxylation is 1. The van der Waals surface area contributed by atoms with Crippen LogP contribution in [-0.4, -0.2) is 29.7 Å². The molecule has 5 nitrogen and oxygen atoms in total. The Hall–Kier alpha value is -2.47. The number of hydrogen-bond acceptors (Lipinski definition) is 3. The van der Waals surface area contributed by atoms with Crippen LogP contribution < -0.4 is 14.8 Å². The van der Waals surface area contributed by atoms with Crippen LogP contribution in [0.2, 0.25) is 0 Å². The van der Waals surface area contributed by atoms with Gasteiger partial charge in [0, 0.05) is 24.5 Å². The summed E-state index contributed by atoms with van der Waals surface area (Å²) in [5.74, 6) is 0.372. The number of para-hydroxylation sites is 2. The molecule has 3 aromatic rings. The summed E-state index contributed by atoms with van der Waals surface area (Å²) >= 11 is 1.51. The van der Waals surface area contributed by atoms with Gasteiger partial charge in [0.15, 0.2) is 11.0 Å². The number of aromatic amines is 1. The molecule has 0 unspecified atom stereocenters. The Morgan fingerprint density at radius 1 is 1.15 bits per heavy atom. The van der Waals surface area contributed by atoms with Crippen molar-refractivity contribution in [3.8, 4) is 0 Å². The zero-order valence-corrected chi connectivity index (χ0v) is 15.7. The summed E-state index contributed by atoms with van der Waals surface area (Å²) in [6.45, 7) is 2.26. The number of fused-ring (bicyclic) bond motifs is 1. The number of anilines is 2. The molecule has 2 aromatic carbocycles. The summed E-state index contributed by atoms with van der Waals surface area (Å²) in [6, 6.07) is 16.3. The highest BCUT2D eigenvalue weighted by atomic mass is 32.2. The predicted molar refractivity (Wildman–Crippen MR) is 107 cm³/mol. The number of carbonyl (C=O) groups excluding carboxylic acids is 1. The van der Waals surface area contributed by atoms with E-state index in [9.17, 15) is 4.79 Å². The average Bonchev–Trinajstić information content (AvgIpc) is 3.30. The van der Waals surface area contributed by atoms with Gasteiger partial charge in [-0.25, -0.2) is 9.55 Å². The number of thioether (sulfide) groups is 1. The van der Waals surface area contributed by atoms with Crippen molar-refractivity contribution in [1.82, 2.24) is 4.98 Å². The molecule has 0 aliphatic carbocycles. The minimum absolute atomic E-state index is 0.00239. The van der Waals surface area contributed by atoms with Crippen molar-refractivity contribution in [3.63, 3.8) is 0 Å². The quantitative estimate of drug-likeness (QED) is 0.537. The number of aromatic nitrogens is 2. The third kappa shape index (κ3) is 3.55. The maximum atomic E-state index is 12.3. The highest BCUT2D eigenvalue weighted by molar-refractivity contribution is 7.99. The van der Waals surface area contributed by atoms with Gasteiger partial charge in [-0.05, 0) is 61.0 Å². The normalized spacial score (nSPS) is 14.1. The van der Waals surface area contributed by atoms with Crippen LogP contribution in [-0.2, 0) is 11.8 Å². The van der Waals surface area contributed by atoms with E-state index in [4.69, 9.17) is 0 Å². The van der Waals surface area contributed by atoms with Gasteiger partial charge < -0.3 is 10.2 Å². The van der Waals surface area contributed by atoms with Crippen LogP contribution in [0.25, 0.3) is 11.0 Å². The molecule has 0 atom stereocenters. The van der Waals surface area contributed by atoms with E-state index in [0.717, 1.165) is 35.0 Å². The molecule has 2 heterocycles. The number of nitrogens with one attached hydrogen (secondary N) is 2. The molecule has 1 saturated heterocycles. The monoisotopic (exact) mass is 367 g/mol. The fraction of sp³-hybridized carbons (Fsp3) is 0.300. The second-order valence-electron chi connectivity index (χ2n) is 6.58. The van der Waals surface area contributed by atoms with E-state index in [1.807, 2.05) is 37.4 Å². The molecule has 0 radical (unpaired) electrons. The van der Waals surface area contributed by atoms with Crippen LogP contribution in [0, 0.1) is 0 Å². The lowest BCUT2D eigenvalue weighted by atomic mass is 10.2. The molecule has 1 aliphatic rings. The maximum Gasteiger partial charge on any atom is 0.317 e. The van der Waals surface area contributed by atoms with E-state index in [0.29, 0.717) is 5.75 Å². The van der Waals surface area contributed by atoms with E-state index in [2.05, 4.69) is 38.0 Å². The summed E-state index contributed by atoms with van der Waals surface area (Å²) in [6.07, 6.45) is 2.53. The lowest BCUT2D eigenvalue weighted by Gasteiger charge is -2.17. The van der Waals surface area contributed by atoms with Crippen molar-refractivity contribution < 1.29 is 9.36 Å². The molecule has 2 N–H and O–H groups in total. The van der Waals surface area contributed by atoms with Crippen molar-refractivity contribution in [2.75, 3.05) is 29.1 Å². The molecule has 1 aliphatic heterocycles. The standard InChI is InChI=1S/C20H22N4OS/c1-23-18-7-3-2-6-17(18)22-20(23)26-14-19(25)21-15-8-10-16(11-9-15)24-12-4-5-13-24/h2-3,6-11H,4-5,12-14H2,1H3,(H,21,25)/p+1. The first-order valence-corrected chi connectivity index (χ1v) is 9.94. The highest BCUT2D eigenvalue weighted by Gasteiger charge is 2.17. The number of imidazole rings is 1. The van der Waals surface area contributed by atoms with Gasteiger partial charge in [-0.1, -0.05) is 12.1 Å².